The van der Waals surface area contributed by atoms with Crippen molar-refractivity contribution in [2.24, 2.45) is 0 Å². The number of carbonyl (C=O) groups is 1. The van der Waals surface area contributed by atoms with E-state index < -0.39 is 5.97 Å². The number of benzene rings is 1. The highest BCUT2D eigenvalue weighted by molar-refractivity contribution is 5.87. The molecule has 0 bridgehead atoms. The van der Waals surface area contributed by atoms with E-state index in [1.54, 1.807) is 0 Å². The molecule has 3 rings (SSSR count). The number of rotatable bonds is 3. The molecule has 0 fully saturated rings. The molecule has 106 valence electrons. The minimum absolute atomic E-state index is 0.0485. The topological polar surface area (TPSA) is 54.3 Å². The predicted molar refractivity (Wildman–Crippen MR) is 79.1 cm³/mol. The van der Waals surface area contributed by atoms with E-state index in [-0.39, 0.29) is 6.54 Å². The molecule has 0 atom stereocenters. The molecule has 1 aliphatic rings. The van der Waals surface area contributed by atoms with Crippen molar-refractivity contribution in [3.05, 3.63) is 35.0 Å². The zero-order valence-electron chi connectivity index (χ0n) is 11.9. The van der Waals surface area contributed by atoms with Crippen molar-refractivity contribution < 1.29 is 9.90 Å². The van der Waals surface area contributed by atoms with Gasteiger partial charge < -0.3 is 15.0 Å². The van der Waals surface area contributed by atoms with E-state index in [9.17, 15) is 4.79 Å². The second kappa shape index (κ2) is 4.94. The predicted octanol–water partition coefficient (Wildman–Crippen LogP) is 2.50. The van der Waals surface area contributed by atoms with Crippen molar-refractivity contribution in [1.29, 1.82) is 0 Å². The molecule has 1 aliphatic heterocycles. The number of nitrogens with zero attached hydrogens (tertiary/aromatic N) is 1. The summed E-state index contributed by atoms with van der Waals surface area (Å²) in [6.45, 7) is 6.16. The van der Waals surface area contributed by atoms with E-state index in [1.165, 1.54) is 22.2 Å². The van der Waals surface area contributed by atoms with Crippen LogP contribution in [0.25, 0.3) is 10.9 Å². The van der Waals surface area contributed by atoms with Crippen molar-refractivity contribution in [2.75, 3.05) is 6.54 Å². The SMILES string of the molecule is CC(C)c1ccc2c(c1)c1c(n2CC(=O)O)CCNC1. The lowest BCUT2D eigenvalue weighted by molar-refractivity contribution is -0.137. The van der Waals surface area contributed by atoms with Gasteiger partial charge in [0.1, 0.15) is 6.54 Å². The lowest BCUT2D eigenvalue weighted by Crippen LogP contribution is -2.25. The van der Waals surface area contributed by atoms with Crippen LogP contribution in [0.1, 0.15) is 36.6 Å². The molecule has 0 spiro atoms. The lowest BCUT2D eigenvalue weighted by Gasteiger charge is -2.16. The molecule has 0 amide bonds. The zero-order valence-corrected chi connectivity index (χ0v) is 11.9. The van der Waals surface area contributed by atoms with E-state index in [4.69, 9.17) is 5.11 Å². The fourth-order valence-corrected chi connectivity index (χ4v) is 3.07. The van der Waals surface area contributed by atoms with Crippen LogP contribution in [0.5, 0.6) is 0 Å². The van der Waals surface area contributed by atoms with Gasteiger partial charge in [-0.1, -0.05) is 19.9 Å². The Labute approximate surface area is 118 Å². The van der Waals surface area contributed by atoms with Crippen LogP contribution < -0.4 is 5.32 Å². The van der Waals surface area contributed by atoms with E-state index in [2.05, 4.69) is 37.4 Å². The number of nitrogens with one attached hydrogen (secondary N) is 1. The van der Waals surface area contributed by atoms with Gasteiger partial charge >= 0.3 is 5.97 Å². The first-order valence-corrected chi connectivity index (χ1v) is 7.14. The van der Waals surface area contributed by atoms with Crippen LogP contribution in [0, 0.1) is 0 Å². The van der Waals surface area contributed by atoms with Crippen LogP contribution in [0.2, 0.25) is 0 Å². The van der Waals surface area contributed by atoms with Crippen molar-refractivity contribution in [2.45, 2.75) is 39.3 Å². The monoisotopic (exact) mass is 272 g/mol. The van der Waals surface area contributed by atoms with Crippen LogP contribution >= 0.6 is 0 Å². The minimum Gasteiger partial charge on any atom is -0.480 e. The van der Waals surface area contributed by atoms with E-state index >= 15 is 0 Å². The summed E-state index contributed by atoms with van der Waals surface area (Å²) in [4.78, 5) is 11.1. The highest BCUT2D eigenvalue weighted by Gasteiger charge is 2.21. The Morgan fingerprint density at radius 2 is 2.25 bits per heavy atom. The maximum absolute atomic E-state index is 11.1. The molecule has 0 saturated carbocycles. The second-order valence-electron chi connectivity index (χ2n) is 5.76. The number of aliphatic carboxylic acids is 1. The first-order valence-electron chi connectivity index (χ1n) is 7.14. The third-order valence-corrected chi connectivity index (χ3v) is 4.11. The van der Waals surface area contributed by atoms with Crippen molar-refractivity contribution in [3.63, 3.8) is 0 Å². The first-order chi connectivity index (χ1) is 9.58. The summed E-state index contributed by atoms with van der Waals surface area (Å²) in [6.07, 6.45) is 0.897. The summed E-state index contributed by atoms with van der Waals surface area (Å²) >= 11 is 0. The molecule has 0 unspecified atom stereocenters. The largest absolute Gasteiger partial charge is 0.480 e. The third-order valence-electron chi connectivity index (χ3n) is 4.11. The molecule has 2 heterocycles. The smallest absolute Gasteiger partial charge is 0.323 e. The second-order valence-corrected chi connectivity index (χ2v) is 5.76. The number of aromatic nitrogens is 1. The van der Waals surface area contributed by atoms with Gasteiger partial charge in [0, 0.05) is 36.1 Å². The quantitative estimate of drug-likeness (QED) is 0.902. The van der Waals surface area contributed by atoms with Crippen molar-refractivity contribution in [3.8, 4) is 0 Å². The van der Waals surface area contributed by atoms with E-state index in [0.29, 0.717) is 5.92 Å². The fraction of sp³-hybridized carbons (Fsp3) is 0.438. The van der Waals surface area contributed by atoms with Gasteiger partial charge in [-0.25, -0.2) is 0 Å². The summed E-state index contributed by atoms with van der Waals surface area (Å²) in [6, 6.07) is 6.42. The minimum atomic E-state index is -0.781. The van der Waals surface area contributed by atoms with Crippen LogP contribution in [0.3, 0.4) is 0 Å². The number of carboxylic acids is 1. The Bertz CT molecular complexity index is 671. The number of hydrogen-bond donors (Lipinski definition) is 2. The molecule has 4 nitrogen and oxygen atoms in total. The molecule has 0 radical (unpaired) electrons. The van der Waals surface area contributed by atoms with Gasteiger partial charge in [0.05, 0.1) is 0 Å². The number of fused-ring (bicyclic) bond motifs is 3. The molecule has 0 saturated heterocycles. The summed E-state index contributed by atoms with van der Waals surface area (Å²) in [7, 11) is 0. The molecule has 0 aliphatic carbocycles. The molecule has 4 heteroatoms. The zero-order chi connectivity index (χ0) is 14.3. The Morgan fingerprint density at radius 3 is 2.95 bits per heavy atom. The van der Waals surface area contributed by atoms with E-state index in [1.807, 2.05) is 4.57 Å². The summed E-state index contributed by atoms with van der Waals surface area (Å²) in [5, 5.41) is 13.7. The Kier molecular flexibility index (Phi) is 3.26. The molecule has 20 heavy (non-hydrogen) atoms. The van der Waals surface area contributed by atoms with Gasteiger partial charge in [0.15, 0.2) is 0 Å². The Hall–Kier alpha value is -1.81. The highest BCUT2D eigenvalue weighted by Crippen LogP contribution is 2.31. The van der Waals surface area contributed by atoms with Gasteiger partial charge in [0.25, 0.3) is 0 Å². The van der Waals surface area contributed by atoms with E-state index in [0.717, 1.165) is 25.0 Å². The third kappa shape index (κ3) is 2.10. The summed E-state index contributed by atoms with van der Waals surface area (Å²) in [5.41, 5.74) is 4.81. The number of carboxylic acid groups (broad SMARTS) is 1. The van der Waals surface area contributed by atoms with Gasteiger partial charge in [-0.15, -0.1) is 0 Å². The average Bonchev–Trinajstić information content (AvgIpc) is 2.73. The van der Waals surface area contributed by atoms with Crippen LogP contribution in [-0.4, -0.2) is 22.2 Å². The highest BCUT2D eigenvalue weighted by atomic mass is 16.4. The first kappa shape index (κ1) is 13.2. The summed E-state index contributed by atoms with van der Waals surface area (Å²) < 4.78 is 1.97. The van der Waals surface area contributed by atoms with Crippen LogP contribution in [0.4, 0.5) is 0 Å². The Balaban J connectivity index is 2.24. The van der Waals surface area contributed by atoms with Crippen LogP contribution in [0.15, 0.2) is 18.2 Å². The van der Waals surface area contributed by atoms with Crippen LogP contribution in [-0.2, 0) is 24.3 Å². The number of hydrogen-bond acceptors (Lipinski definition) is 2. The molecule has 2 N–H and O–H groups in total. The molecular weight excluding hydrogens is 252 g/mol. The summed E-state index contributed by atoms with van der Waals surface area (Å²) in [5.74, 6) is -0.300. The lowest BCUT2D eigenvalue weighted by atomic mass is 9.99. The van der Waals surface area contributed by atoms with Gasteiger partial charge in [0.2, 0.25) is 0 Å². The molecule has 2 aromatic rings. The van der Waals surface area contributed by atoms with Crippen molar-refractivity contribution >= 4 is 16.9 Å². The average molecular weight is 272 g/mol. The Morgan fingerprint density at radius 1 is 1.45 bits per heavy atom. The maximum Gasteiger partial charge on any atom is 0.323 e. The maximum atomic E-state index is 11.1. The fourth-order valence-electron chi connectivity index (χ4n) is 3.07. The molecule has 1 aromatic heterocycles. The standard InChI is InChI=1S/C16H20N2O2/c1-10(2)11-3-4-14-12(7-11)13-8-17-6-5-15(13)18(14)9-16(19)20/h3-4,7,10,17H,5-6,8-9H2,1-2H3,(H,19,20). The molecule has 1 aromatic carbocycles. The molecular formula is C16H20N2O2. The van der Waals surface area contributed by atoms with Gasteiger partial charge in [-0.2, -0.15) is 0 Å². The normalized spacial score (nSPS) is 14.8. The van der Waals surface area contributed by atoms with Gasteiger partial charge in [-0.3, -0.25) is 4.79 Å². The van der Waals surface area contributed by atoms with Crippen molar-refractivity contribution in [1.82, 2.24) is 9.88 Å². The van der Waals surface area contributed by atoms with Gasteiger partial charge in [-0.05, 0) is 29.2 Å².